The molecule has 0 saturated heterocycles. The van der Waals surface area contributed by atoms with E-state index in [4.69, 9.17) is 5.21 Å². The predicted octanol–water partition coefficient (Wildman–Crippen LogP) is 2.85. The molecule has 0 spiro atoms. The molecular formula is C19H20N2O2. The molecule has 0 aliphatic heterocycles. The molecule has 2 aromatic carbocycles. The first-order valence-corrected chi connectivity index (χ1v) is 7.75. The lowest BCUT2D eigenvalue weighted by Gasteiger charge is -2.05. The van der Waals surface area contributed by atoms with Crippen molar-refractivity contribution in [1.29, 1.82) is 0 Å². The van der Waals surface area contributed by atoms with E-state index in [9.17, 15) is 4.79 Å². The first-order chi connectivity index (χ1) is 11.3. The molecule has 3 rings (SSSR count). The molecule has 2 unspecified atom stereocenters. The summed E-state index contributed by atoms with van der Waals surface area (Å²) < 4.78 is 0. The maximum absolute atomic E-state index is 10.9. The van der Waals surface area contributed by atoms with E-state index in [2.05, 4.69) is 35.6 Å². The standard InChI is InChI=1S/C19H20N2O2/c22-19(21-23)11-10-14-6-8-15(9-7-14)13-20-18-12-17(18)16-4-2-1-3-5-16/h1-11,17-18,20,23H,12-13H2,(H,21,22)/b11-10+. The van der Waals surface area contributed by atoms with Gasteiger partial charge in [0.15, 0.2) is 0 Å². The van der Waals surface area contributed by atoms with Crippen molar-refractivity contribution >= 4 is 12.0 Å². The average molecular weight is 308 g/mol. The summed E-state index contributed by atoms with van der Waals surface area (Å²) in [5.74, 6) is 0.104. The van der Waals surface area contributed by atoms with Crippen LogP contribution in [0.15, 0.2) is 60.7 Å². The maximum atomic E-state index is 10.9. The molecule has 1 saturated carbocycles. The normalized spacial score (nSPS) is 19.7. The first kappa shape index (κ1) is 15.5. The lowest BCUT2D eigenvalue weighted by molar-refractivity contribution is -0.124. The number of benzene rings is 2. The van der Waals surface area contributed by atoms with Gasteiger partial charge in [-0.2, -0.15) is 0 Å². The summed E-state index contributed by atoms with van der Waals surface area (Å²) in [5.41, 5.74) is 5.12. The fraction of sp³-hybridized carbons (Fsp3) is 0.211. The number of carbonyl (C=O) groups excluding carboxylic acids is 1. The quantitative estimate of drug-likeness (QED) is 0.437. The van der Waals surface area contributed by atoms with Crippen molar-refractivity contribution in [3.05, 3.63) is 77.4 Å². The van der Waals surface area contributed by atoms with Crippen LogP contribution >= 0.6 is 0 Å². The van der Waals surface area contributed by atoms with Crippen LogP contribution in [0.1, 0.15) is 29.0 Å². The van der Waals surface area contributed by atoms with E-state index in [0.717, 1.165) is 12.1 Å². The van der Waals surface area contributed by atoms with Gasteiger partial charge in [0, 0.05) is 24.6 Å². The van der Waals surface area contributed by atoms with Gasteiger partial charge < -0.3 is 5.32 Å². The summed E-state index contributed by atoms with van der Waals surface area (Å²) in [5, 5.41) is 12.0. The highest BCUT2D eigenvalue weighted by Gasteiger charge is 2.37. The molecule has 0 radical (unpaired) electrons. The Morgan fingerprint density at radius 2 is 1.87 bits per heavy atom. The highest BCUT2D eigenvalue weighted by Crippen LogP contribution is 2.40. The molecule has 23 heavy (non-hydrogen) atoms. The van der Waals surface area contributed by atoms with Crippen molar-refractivity contribution in [2.24, 2.45) is 0 Å². The van der Waals surface area contributed by atoms with Crippen molar-refractivity contribution < 1.29 is 10.0 Å². The summed E-state index contributed by atoms with van der Waals surface area (Å²) in [6.07, 6.45) is 4.15. The maximum Gasteiger partial charge on any atom is 0.267 e. The van der Waals surface area contributed by atoms with Gasteiger partial charge in [-0.25, -0.2) is 5.48 Å². The number of rotatable bonds is 6. The van der Waals surface area contributed by atoms with Gasteiger partial charge in [0.1, 0.15) is 0 Å². The van der Waals surface area contributed by atoms with Crippen LogP contribution in [0.4, 0.5) is 0 Å². The van der Waals surface area contributed by atoms with E-state index in [-0.39, 0.29) is 0 Å². The minimum absolute atomic E-state index is 0.531. The molecule has 4 heteroatoms. The molecule has 1 aliphatic carbocycles. The largest absolute Gasteiger partial charge is 0.309 e. The number of hydroxylamine groups is 1. The number of nitrogens with one attached hydrogen (secondary N) is 2. The zero-order chi connectivity index (χ0) is 16.1. The molecule has 118 valence electrons. The number of carbonyl (C=O) groups is 1. The van der Waals surface area contributed by atoms with Crippen LogP contribution in [0.5, 0.6) is 0 Å². The van der Waals surface area contributed by atoms with Crippen molar-refractivity contribution in [3.8, 4) is 0 Å². The summed E-state index contributed by atoms with van der Waals surface area (Å²) in [4.78, 5) is 10.9. The molecular weight excluding hydrogens is 288 g/mol. The molecule has 1 aliphatic rings. The van der Waals surface area contributed by atoms with E-state index in [1.807, 2.05) is 24.3 Å². The Hall–Kier alpha value is -2.43. The Kier molecular flexibility index (Phi) is 4.86. The van der Waals surface area contributed by atoms with E-state index in [0.29, 0.717) is 12.0 Å². The van der Waals surface area contributed by atoms with Gasteiger partial charge in [0.05, 0.1) is 0 Å². The fourth-order valence-corrected chi connectivity index (χ4v) is 2.69. The van der Waals surface area contributed by atoms with E-state index in [1.165, 1.54) is 23.6 Å². The van der Waals surface area contributed by atoms with E-state index in [1.54, 1.807) is 11.6 Å². The molecule has 1 fully saturated rings. The number of hydrogen-bond donors (Lipinski definition) is 3. The van der Waals surface area contributed by atoms with Crippen LogP contribution in [-0.2, 0) is 11.3 Å². The Bertz CT molecular complexity index is 680. The smallest absolute Gasteiger partial charge is 0.267 e. The summed E-state index contributed by atoms with van der Waals surface area (Å²) in [6, 6.07) is 19.2. The topological polar surface area (TPSA) is 61.4 Å². The lowest BCUT2D eigenvalue weighted by atomic mass is 10.1. The highest BCUT2D eigenvalue weighted by atomic mass is 16.5. The third kappa shape index (κ3) is 4.28. The first-order valence-electron chi connectivity index (χ1n) is 7.75. The van der Waals surface area contributed by atoms with Gasteiger partial charge in [0.25, 0.3) is 5.91 Å². The summed E-state index contributed by atoms with van der Waals surface area (Å²) >= 11 is 0. The second-order valence-corrected chi connectivity index (χ2v) is 5.79. The van der Waals surface area contributed by atoms with Crippen LogP contribution in [0.3, 0.4) is 0 Å². The SMILES string of the molecule is O=C(/C=C/c1ccc(CNC2CC2c2ccccc2)cc1)NO. The lowest BCUT2D eigenvalue weighted by Crippen LogP contribution is -2.17. The van der Waals surface area contributed by atoms with Crippen molar-refractivity contribution in [3.63, 3.8) is 0 Å². The number of amides is 1. The molecule has 2 atom stereocenters. The Balaban J connectivity index is 1.48. The van der Waals surface area contributed by atoms with Crippen molar-refractivity contribution in [2.45, 2.75) is 24.9 Å². The minimum atomic E-state index is -0.531. The zero-order valence-electron chi connectivity index (χ0n) is 12.8. The second-order valence-electron chi connectivity index (χ2n) is 5.79. The molecule has 1 amide bonds. The average Bonchev–Trinajstić information content (AvgIpc) is 3.39. The third-order valence-corrected chi connectivity index (χ3v) is 4.10. The molecule has 3 N–H and O–H groups in total. The van der Waals surface area contributed by atoms with Gasteiger partial charge in [0.2, 0.25) is 0 Å². The third-order valence-electron chi connectivity index (χ3n) is 4.10. The van der Waals surface area contributed by atoms with Gasteiger partial charge >= 0.3 is 0 Å². The molecule has 0 aromatic heterocycles. The fourth-order valence-electron chi connectivity index (χ4n) is 2.69. The predicted molar refractivity (Wildman–Crippen MR) is 89.8 cm³/mol. The van der Waals surface area contributed by atoms with Crippen LogP contribution in [0.25, 0.3) is 6.08 Å². The van der Waals surface area contributed by atoms with Crippen LogP contribution in [0.2, 0.25) is 0 Å². The monoisotopic (exact) mass is 308 g/mol. The van der Waals surface area contributed by atoms with E-state index < -0.39 is 5.91 Å². The van der Waals surface area contributed by atoms with Gasteiger partial charge in [-0.15, -0.1) is 0 Å². The Morgan fingerprint density at radius 1 is 1.13 bits per heavy atom. The van der Waals surface area contributed by atoms with Crippen LogP contribution in [0, 0.1) is 0 Å². The van der Waals surface area contributed by atoms with Crippen molar-refractivity contribution in [1.82, 2.24) is 10.8 Å². The summed E-state index contributed by atoms with van der Waals surface area (Å²) in [6.45, 7) is 0.842. The van der Waals surface area contributed by atoms with Crippen LogP contribution < -0.4 is 10.8 Å². The van der Waals surface area contributed by atoms with E-state index >= 15 is 0 Å². The minimum Gasteiger partial charge on any atom is -0.309 e. The molecule has 0 heterocycles. The summed E-state index contributed by atoms with van der Waals surface area (Å²) in [7, 11) is 0. The number of hydrogen-bond acceptors (Lipinski definition) is 3. The second kappa shape index (κ2) is 7.22. The Labute approximate surface area is 135 Å². The van der Waals surface area contributed by atoms with Crippen LogP contribution in [-0.4, -0.2) is 17.2 Å². The highest BCUT2D eigenvalue weighted by molar-refractivity contribution is 5.90. The zero-order valence-corrected chi connectivity index (χ0v) is 12.8. The van der Waals surface area contributed by atoms with Gasteiger partial charge in [-0.05, 0) is 29.2 Å². The van der Waals surface area contributed by atoms with Crippen molar-refractivity contribution in [2.75, 3.05) is 0 Å². The Morgan fingerprint density at radius 3 is 2.57 bits per heavy atom. The van der Waals surface area contributed by atoms with Gasteiger partial charge in [-0.3, -0.25) is 10.0 Å². The van der Waals surface area contributed by atoms with Gasteiger partial charge in [-0.1, -0.05) is 54.6 Å². The molecule has 0 bridgehead atoms. The molecule has 2 aromatic rings. The molecule has 4 nitrogen and oxygen atoms in total.